The van der Waals surface area contributed by atoms with E-state index >= 15 is 0 Å². The Balaban J connectivity index is 1.57. The number of rotatable bonds is 4. The summed E-state index contributed by atoms with van der Waals surface area (Å²) in [6.45, 7) is 0.610. The van der Waals surface area contributed by atoms with Crippen LogP contribution in [0.3, 0.4) is 0 Å². The van der Waals surface area contributed by atoms with Gasteiger partial charge in [0.25, 0.3) is 0 Å². The van der Waals surface area contributed by atoms with Crippen molar-refractivity contribution in [2.45, 2.75) is 6.54 Å². The van der Waals surface area contributed by atoms with Crippen LogP contribution in [0.5, 0.6) is 0 Å². The highest BCUT2D eigenvalue weighted by atomic mass is 35.5. The Labute approximate surface area is 119 Å². The van der Waals surface area contributed by atoms with Gasteiger partial charge in [0.15, 0.2) is 4.96 Å². The van der Waals surface area contributed by atoms with Crippen LogP contribution < -0.4 is 5.43 Å². The molecule has 1 N–H and O–H groups in total. The van der Waals surface area contributed by atoms with Gasteiger partial charge in [0.2, 0.25) is 0 Å². The Hall–Kier alpha value is -1.85. The van der Waals surface area contributed by atoms with E-state index in [0.717, 1.165) is 21.2 Å². The lowest BCUT2D eigenvalue weighted by atomic mass is 10.2. The minimum atomic E-state index is 0.610. The van der Waals surface area contributed by atoms with Crippen molar-refractivity contribution in [2.75, 3.05) is 0 Å². The largest absolute Gasteiger partial charge is 0.304 e. The second-order valence-electron chi connectivity index (χ2n) is 3.97. The number of imidazole rings is 1. The normalized spacial score (nSPS) is 11.4. The number of hydrogen-bond acceptors (Lipinski definition) is 4. The SMILES string of the molecule is Clc1ccc(/C=N\NCc2cn3ccsc3n2)cc1. The molecule has 3 aromatic rings. The van der Waals surface area contributed by atoms with Crippen molar-refractivity contribution in [1.29, 1.82) is 0 Å². The van der Waals surface area contributed by atoms with E-state index in [1.807, 2.05) is 46.4 Å². The molecule has 0 aliphatic carbocycles. The van der Waals surface area contributed by atoms with Crippen molar-refractivity contribution in [2.24, 2.45) is 5.10 Å². The first-order valence-corrected chi connectivity index (χ1v) is 6.99. The molecule has 3 rings (SSSR count). The molecule has 2 aromatic heterocycles. The summed E-state index contributed by atoms with van der Waals surface area (Å²) in [6, 6.07) is 7.51. The van der Waals surface area contributed by atoms with E-state index in [4.69, 9.17) is 11.6 Å². The number of aromatic nitrogens is 2. The van der Waals surface area contributed by atoms with Crippen molar-refractivity contribution in [3.8, 4) is 0 Å². The molecule has 0 saturated carbocycles. The summed E-state index contributed by atoms with van der Waals surface area (Å²) in [6.07, 6.45) is 5.75. The quantitative estimate of drug-likeness (QED) is 0.592. The molecule has 0 aliphatic heterocycles. The molecule has 19 heavy (non-hydrogen) atoms. The lowest BCUT2D eigenvalue weighted by Crippen LogP contribution is -2.05. The maximum absolute atomic E-state index is 5.81. The molecule has 0 spiro atoms. The van der Waals surface area contributed by atoms with Crippen molar-refractivity contribution in [1.82, 2.24) is 14.8 Å². The van der Waals surface area contributed by atoms with Gasteiger partial charge in [-0.2, -0.15) is 5.10 Å². The molecule has 0 amide bonds. The highest BCUT2D eigenvalue weighted by Crippen LogP contribution is 2.11. The Kier molecular flexibility index (Phi) is 3.48. The number of halogens is 1. The van der Waals surface area contributed by atoms with E-state index in [1.165, 1.54) is 0 Å². The molecule has 2 heterocycles. The van der Waals surface area contributed by atoms with Gasteiger partial charge in [-0.3, -0.25) is 4.40 Å². The average molecular weight is 291 g/mol. The van der Waals surface area contributed by atoms with Gasteiger partial charge in [-0.15, -0.1) is 11.3 Å². The van der Waals surface area contributed by atoms with Crippen LogP contribution in [-0.4, -0.2) is 15.6 Å². The molecule has 1 aromatic carbocycles. The predicted molar refractivity (Wildman–Crippen MR) is 79.0 cm³/mol. The third-order valence-electron chi connectivity index (χ3n) is 2.58. The van der Waals surface area contributed by atoms with Crippen molar-refractivity contribution < 1.29 is 0 Å². The Morgan fingerprint density at radius 1 is 1.37 bits per heavy atom. The van der Waals surface area contributed by atoms with E-state index in [0.29, 0.717) is 6.54 Å². The second kappa shape index (κ2) is 5.42. The molecule has 4 nitrogen and oxygen atoms in total. The lowest BCUT2D eigenvalue weighted by Gasteiger charge is -1.96. The van der Waals surface area contributed by atoms with E-state index in [9.17, 15) is 0 Å². The predicted octanol–water partition coefficient (Wildman–Crippen LogP) is 3.17. The highest BCUT2D eigenvalue weighted by molar-refractivity contribution is 7.15. The lowest BCUT2D eigenvalue weighted by molar-refractivity contribution is 0.734. The van der Waals surface area contributed by atoms with Crippen LogP contribution in [0, 0.1) is 0 Å². The summed E-state index contributed by atoms with van der Waals surface area (Å²) in [5.41, 5.74) is 4.96. The topological polar surface area (TPSA) is 41.7 Å². The van der Waals surface area contributed by atoms with Gasteiger partial charge in [-0.05, 0) is 17.7 Å². The molecular weight excluding hydrogens is 280 g/mol. The number of hydrazone groups is 1. The van der Waals surface area contributed by atoms with Gasteiger partial charge < -0.3 is 5.43 Å². The first-order chi connectivity index (χ1) is 9.31. The van der Waals surface area contributed by atoms with Gasteiger partial charge in [0.1, 0.15) is 0 Å². The maximum atomic E-state index is 5.81. The fourth-order valence-electron chi connectivity index (χ4n) is 1.66. The Bertz CT molecular complexity index is 670. The van der Waals surface area contributed by atoms with Gasteiger partial charge in [-0.25, -0.2) is 4.98 Å². The average Bonchev–Trinajstić information content (AvgIpc) is 2.97. The summed E-state index contributed by atoms with van der Waals surface area (Å²) in [4.78, 5) is 5.46. The van der Waals surface area contributed by atoms with Gasteiger partial charge >= 0.3 is 0 Å². The van der Waals surface area contributed by atoms with Crippen LogP contribution in [0.25, 0.3) is 4.96 Å². The number of hydrogen-bond donors (Lipinski definition) is 1. The number of benzene rings is 1. The zero-order valence-corrected chi connectivity index (χ0v) is 11.5. The Morgan fingerprint density at radius 2 is 2.21 bits per heavy atom. The van der Waals surface area contributed by atoms with Crippen LogP contribution in [-0.2, 0) is 6.54 Å². The fourth-order valence-corrected chi connectivity index (χ4v) is 2.50. The van der Waals surface area contributed by atoms with Gasteiger partial charge in [0, 0.05) is 22.8 Å². The van der Waals surface area contributed by atoms with Crippen LogP contribution in [0.2, 0.25) is 5.02 Å². The summed E-state index contributed by atoms with van der Waals surface area (Å²) in [5, 5.41) is 6.89. The van der Waals surface area contributed by atoms with Crippen molar-refractivity contribution in [3.63, 3.8) is 0 Å². The van der Waals surface area contributed by atoms with E-state index in [1.54, 1.807) is 17.6 Å². The zero-order chi connectivity index (χ0) is 13.1. The van der Waals surface area contributed by atoms with Crippen molar-refractivity contribution in [3.05, 3.63) is 58.3 Å². The first-order valence-electron chi connectivity index (χ1n) is 5.74. The fraction of sp³-hybridized carbons (Fsp3) is 0.0769. The molecule has 0 unspecified atom stereocenters. The molecule has 0 bridgehead atoms. The first kappa shape index (κ1) is 12.2. The minimum absolute atomic E-state index is 0.610. The Morgan fingerprint density at radius 3 is 3.00 bits per heavy atom. The standard InChI is InChI=1S/C13H11ClN4S/c14-11-3-1-10(2-4-11)7-15-16-8-12-9-18-5-6-19-13(18)17-12/h1-7,9,16H,8H2/b15-7-. The third kappa shape index (κ3) is 2.94. The van der Waals surface area contributed by atoms with Crippen LogP contribution in [0.4, 0.5) is 0 Å². The molecular formula is C13H11ClN4S. The van der Waals surface area contributed by atoms with Crippen molar-refractivity contribution >= 4 is 34.1 Å². The third-order valence-corrected chi connectivity index (χ3v) is 3.60. The monoisotopic (exact) mass is 290 g/mol. The van der Waals surface area contributed by atoms with E-state index in [-0.39, 0.29) is 0 Å². The highest BCUT2D eigenvalue weighted by Gasteiger charge is 2.00. The van der Waals surface area contributed by atoms with E-state index < -0.39 is 0 Å². The number of thiazole rings is 1. The number of nitrogens with one attached hydrogen (secondary N) is 1. The van der Waals surface area contributed by atoms with Gasteiger partial charge in [-0.1, -0.05) is 23.7 Å². The summed E-state index contributed by atoms with van der Waals surface area (Å²) >= 11 is 7.43. The maximum Gasteiger partial charge on any atom is 0.193 e. The molecule has 0 fully saturated rings. The van der Waals surface area contributed by atoms with E-state index in [2.05, 4.69) is 15.5 Å². The number of fused-ring (bicyclic) bond motifs is 1. The second-order valence-corrected chi connectivity index (χ2v) is 5.28. The summed E-state index contributed by atoms with van der Waals surface area (Å²) < 4.78 is 2.00. The minimum Gasteiger partial charge on any atom is -0.304 e. The molecule has 0 aliphatic rings. The smallest absolute Gasteiger partial charge is 0.193 e. The van der Waals surface area contributed by atoms with Crippen LogP contribution in [0.1, 0.15) is 11.3 Å². The summed E-state index contributed by atoms with van der Waals surface area (Å²) in [7, 11) is 0. The molecule has 6 heteroatoms. The van der Waals surface area contributed by atoms with Crippen LogP contribution in [0.15, 0.2) is 47.1 Å². The molecule has 96 valence electrons. The molecule has 0 saturated heterocycles. The molecule has 0 radical (unpaired) electrons. The summed E-state index contributed by atoms with van der Waals surface area (Å²) in [5.74, 6) is 0. The number of nitrogens with zero attached hydrogens (tertiary/aromatic N) is 3. The molecule has 0 atom stereocenters. The van der Waals surface area contributed by atoms with Crippen LogP contribution >= 0.6 is 22.9 Å². The van der Waals surface area contributed by atoms with Gasteiger partial charge in [0.05, 0.1) is 18.5 Å². The zero-order valence-electron chi connectivity index (χ0n) is 9.95.